The van der Waals surface area contributed by atoms with Crippen LogP contribution < -0.4 is 4.74 Å². The summed E-state index contributed by atoms with van der Waals surface area (Å²) in [5, 5.41) is 1.76. The van der Waals surface area contributed by atoms with Crippen LogP contribution in [0.4, 0.5) is 0 Å². The van der Waals surface area contributed by atoms with Gasteiger partial charge in [-0.25, -0.2) is 4.79 Å². The van der Waals surface area contributed by atoms with Crippen LogP contribution in [0.2, 0.25) is 0 Å². The predicted molar refractivity (Wildman–Crippen MR) is 103 cm³/mol. The van der Waals surface area contributed by atoms with E-state index in [1.54, 1.807) is 22.1 Å². The lowest BCUT2D eigenvalue weighted by Crippen LogP contribution is -2.11. The lowest BCUT2D eigenvalue weighted by molar-refractivity contribution is 0.0724. The lowest BCUT2D eigenvalue weighted by atomic mass is 10.1. The standard InChI is InChI=1S/C17H12INO2S2/c1-11-3-2-4-12(9-11)16(20)21-15-10-23-17(22)19(15)14-7-5-13(18)6-8-14/h2-10H,1H3. The van der Waals surface area contributed by atoms with Crippen LogP contribution in [0.3, 0.4) is 0 Å². The van der Waals surface area contributed by atoms with Crippen LogP contribution in [0, 0.1) is 14.4 Å². The fourth-order valence-corrected chi connectivity index (χ4v) is 3.47. The van der Waals surface area contributed by atoms with E-state index in [0.29, 0.717) is 15.4 Å². The summed E-state index contributed by atoms with van der Waals surface area (Å²) in [6.45, 7) is 1.94. The summed E-state index contributed by atoms with van der Waals surface area (Å²) in [5.41, 5.74) is 2.42. The Morgan fingerprint density at radius 2 is 1.96 bits per heavy atom. The molecule has 1 heterocycles. The van der Waals surface area contributed by atoms with Gasteiger partial charge in [-0.05, 0) is 78.1 Å². The maximum absolute atomic E-state index is 12.3. The Morgan fingerprint density at radius 3 is 2.65 bits per heavy atom. The Bertz CT molecular complexity index is 913. The quantitative estimate of drug-likeness (QED) is 0.302. The topological polar surface area (TPSA) is 31.2 Å². The smallest absolute Gasteiger partial charge is 0.344 e. The molecule has 0 fully saturated rings. The van der Waals surface area contributed by atoms with E-state index in [0.717, 1.165) is 14.8 Å². The van der Waals surface area contributed by atoms with Gasteiger partial charge in [0.1, 0.15) is 0 Å². The number of benzene rings is 2. The zero-order valence-corrected chi connectivity index (χ0v) is 15.9. The minimum Gasteiger partial charge on any atom is -0.404 e. The summed E-state index contributed by atoms with van der Waals surface area (Å²) in [6, 6.07) is 15.2. The normalized spacial score (nSPS) is 10.5. The molecule has 0 unspecified atom stereocenters. The highest BCUT2D eigenvalue weighted by atomic mass is 127. The Labute approximate surface area is 156 Å². The molecule has 0 bridgehead atoms. The highest BCUT2D eigenvalue weighted by molar-refractivity contribution is 14.1. The number of aryl methyl sites for hydroxylation is 1. The van der Waals surface area contributed by atoms with Gasteiger partial charge in [-0.3, -0.25) is 4.57 Å². The molecule has 0 amide bonds. The highest BCUT2D eigenvalue weighted by Crippen LogP contribution is 2.25. The first-order valence-corrected chi connectivity index (χ1v) is 9.16. The van der Waals surface area contributed by atoms with Gasteiger partial charge in [0.05, 0.1) is 16.6 Å². The third-order valence-corrected chi connectivity index (χ3v) is 5.09. The molecular formula is C17H12INO2S2. The molecule has 6 heteroatoms. The number of thiazole rings is 1. The third kappa shape index (κ3) is 3.70. The van der Waals surface area contributed by atoms with Crippen LogP contribution in [0.5, 0.6) is 5.88 Å². The van der Waals surface area contributed by atoms with E-state index in [9.17, 15) is 4.79 Å². The molecule has 2 aromatic carbocycles. The van der Waals surface area contributed by atoms with Crippen LogP contribution >= 0.6 is 46.1 Å². The zero-order chi connectivity index (χ0) is 16.4. The van der Waals surface area contributed by atoms with Crippen LogP contribution in [-0.2, 0) is 0 Å². The van der Waals surface area contributed by atoms with Crippen molar-refractivity contribution < 1.29 is 9.53 Å². The second kappa shape index (κ2) is 6.94. The van der Waals surface area contributed by atoms with Crippen LogP contribution in [-0.4, -0.2) is 10.5 Å². The van der Waals surface area contributed by atoms with E-state index in [2.05, 4.69) is 22.6 Å². The first kappa shape index (κ1) is 16.4. The molecule has 116 valence electrons. The number of carbonyl (C=O) groups is 1. The van der Waals surface area contributed by atoms with Crippen LogP contribution in [0.15, 0.2) is 53.9 Å². The number of esters is 1. The summed E-state index contributed by atoms with van der Waals surface area (Å²) < 4.78 is 9.09. The summed E-state index contributed by atoms with van der Waals surface area (Å²) >= 11 is 8.98. The van der Waals surface area contributed by atoms with Gasteiger partial charge in [-0.2, -0.15) is 0 Å². The predicted octanol–water partition coefficient (Wildman–Crippen LogP) is 5.40. The molecule has 3 aromatic rings. The summed E-state index contributed by atoms with van der Waals surface area (Å²) in [5.74, 6) is 0.0495. The number of carbonyl (C=O) groups excluding carboxylic acids is 1. The van der Waals surface area contributed by atoms with E-state index >= 15 is 0 Å². The number of nitrogens with zero attached hydrogens (tertiary/aromatic N) is 1. The largest absolute Gasteiger partial charge is 0.404 e. The Hall–Kier alpha value is -1.51. The van der Waals surface area contributed by atoms with Gasteiger partial charge in [0.15, 0.2) is 3.95 Å². The molecule has 0 spiro atoms. The van der Waals surface area contributed by atoms with Crippen molar-refractivity contribution in [3.8, 4) is 11.6 Å². The molecule has 0 saturated heterocycles. The van der Waals surface area contributed by atoms with Gasteiger partial charge in [0, 0.05) is 3.57 Å². The van der Waals surface area contributed by atoms with E-state index in [1.807, 2.05) is 43.3 Å². The first-order valence-electron chi connectivity index (χ1n) is 6.80. The maximum Gasteiger partial charge on any atom is 0.344 e. The van der Waals surface area contributed by atoms with Crippen LogP contribution in [0.1, 0.15) is 15.9 Å². The molecule has 3 rings (SSSR count). The number of hydrogen-bond donors (Lipinski definition) is 0. The molecule has 1 aromatic heterocycles. The maximum atomic E-state index is 12.3. The van der Waals surface area contributed by atoms with E-state index in [-0.39, 0.29) is 5.97 Å². The molecule has 0 aliphatic rings. The number of ether oxygens (including phenoxy) is 1. The monoisotopic (exact) mass is 453 g/mol. The molecule has 3 nitrogen and oxygen atoms in total. The molecule has 0 atom stereocenters. The molecular weight excluding hydrogens is 441 g/mol. The van der Waals surface area contributed by atoms with Crippen molar-refractivity contribution in [3.05, 3.63) is 72.6 Å². The highest BCUT2D eigenvalue weighted by Gasteiger charge is 2.14. The van der Waals surface area contributed by atoms with Gasteiger partial charge in [-0.1, -0.05) is 17.7 Å². The Balaban J connectivity index is 1.94. The third-order valence-electron chi connectivity index (χ3n) is 3.20. The van der Waals surface area contributed by atoms with Crippen molar-refractivity contribution in [2.24, 2.45) is 0 Å². The van der Waals surface area contributed by atoms with Crippen molar-refractivity contribution >= 4 is 52.1 Å². The second-order valence-corrected chi connectivity index (χ2v) is 7.66. The van der Waals surface area contributed by atoms with Gasteiger partial charge in [0.25, 0.3) is 0 Å². The molecule has 0 aliphatic carbocycles. The minimum absolute atomic E-state index is 0.388. The average molecular weight is 453 g/mol. The zero-order valence-electron chi connectivity index (χ0n) is 12.2. The van der Waals surface area contributed by atoms with Crippen molar-refractivity contribution in [2.45, 2.75) is 6.92 Å². The van der Waals surface area contributed by atoms with Crippen molar-refractivity contribution in [2.75, 3.05) is 0 Å². The van der Waals surface area contributed by atoms with Gasteiger partial charge >= 0.3 is 5.97 Å². The molecule has 0 N–H and O–H groups in total. The number of hydrogen-bond acceptors (Lipinski definition) is 4. The molecule has 0 radical (unpaired) electrons. The number of aromatic nitrogens is 1. The fourth-order valence-electron chi connectivity index (χ4n) is 2.11. The van der Waals surface area contributed by atoms with Gasteiger partial charge in [-0.15, -0.1) is 11.3 Å². The van der Waals surface area contributed by atoms with Crippen LogP contribution in [0.25, 0.3) is 5.69 Å². The fraction of sp³-hybridized carbons (Fsp3) is 0.0588. The van der Waals surface area contributed by atoms with Crippen molar-refractivity contribution in [1.29, 1.82) is 0 Å². The van der Waals surface area contributed by atoms with Gasteiger partial charge in [0.2, 0.25) is 5.88 Å². The minimum atomic E-state index is -0.388. The number of rotatable bonds is 3. The van der Waals surface area contributed by atoms with E-state index < -0.39 is 0 Å². The SMILES string of the molecule is Cc1cccc(C(=O)Oc2csc(=S)n2-c2ccc(I)cc2)c1. The van der Waals surface area contributed by atoms with E-state index in [1.165, 1.54) is 11.3 Å². The van der Waals surface area contributed by atoms with Crippen molar-refractivity contribution in [3.63, 3.8) is 0 Å². The second-order valence-electron chi connectivity index (χ2n) is 4.91. The van der Waals surface area contributed by atoms with E-state index in [4.69, 9.17) is 17.0 Å². The summed E-state index contributed by atoms with van der Waals surface area (Å²) in [4.78, 5) is 12.3. The molecule has 0 aliphatic heterocycles. The molecule has 23 heavy (non-hydrogen) atoms. The van der Waals surface area contributed by atoms with Crippen molar-refractivity contribution in [1.82, 2.24) is 4.57 Å². The lowest BCUT2D eigenvalue weighted by Gasteiger charge is -2.09. The van der Waals surface area contributed by atoms with Gasteiger partial charge < -0.3 is 4.74 Å². The number of halogens is 1. The first-order chi connectivity index (χ1) is 11.0. The summed E-state index contributed by atoms with van der Waals surface area (Å²) in [6.07, 6.45) is 0. The Kier molecular flexibility index (Phi) is 4.93. The average Bonchev–Trinajstić information content (AvgIpc) is 2.89. The molecule has 0 saturated carbocycles. The summed E-state index contributed by atoms with van der Waals surface area (Å²) in [7, 11) is 0. The Morgan fingerprint density at radius 1 is 1.22 bits per heavy atom.